The van der Waals surface area contributed by atoms with Gasteiger partial charge in [-0.3, -0.25) is 9.89 Å². The zero-order valence-corrected chi connectivity index (χ0v) is 9.39. The number of aromatic amines is 1. The number of carbonyl (C=O) groups excluding carboxylic acids is 1. The topological polar surface area (TPSA) is 69.2 Å². The zero-order valence-electron chi connectivity index (χ0n) is 9.39. The van der Waals surface area contributed by atoms with E-state index in [4.69, 9.17) is 0 Å². The van der Waals surface area contributed by atoms with Gasteiger partial charge in [0, 0.05) is 25.7 Å². The molecule has 1 aliphatic carbocycles. The van der Waals surface area contributed by atoms with Crippen molar-refractivity contribution >= 4 is 5.91 Å². The second-order valence-corrected chi connectivity index (χ2v) is 4.41. The second kappa shape index (κ2) is 4.65. The van der Waals surface area contributed by atoms with E-state index in [0.29, 0.717) is 12.2 Å². The third kappa shape index (κ3) is 2.24. The van der Waals surface area contributed by atoms with E-state index in [1.165, 1.54) is 0 Å². The molecule has 2 unspecified atom stereocenters. The van der Waals surface area contributed by atoms with Gasteiger partial charge in [-0.2, -0.15) is 5.10 Å². The monoisotopic (exact) mass is 223 g/mol. The first-order valence-electron chi connectivity index (χ1n) is 5.61. The third-order valence-corrected chi connectivity index (χ3v) is 3.21. The summed E-state index contributed by atoms with van der Waals surface area (Å²) in [4.78, 5) is 13.5. The number of H-pyrrole nitrogens is 1. The van der Waals surface area contributed by atoms with Crippen LogP contribution in [0.1, 0.15) is 29.8 Å². The summed E-state index contributed by atoms with van der Waals surface area (Å²) in [7, 11) is 1.76. The number of carbonyl (C=O) groups is 1. The maximum Gasteiger partial charge on any atom is 0.271 e. The SMILES string of the molecule is CN(CC1CCCC1O)C(=O)c1ccn[nH]1. The summed E-state index contributed by atoms with van der Waals surface area (Å²) in [5.41, 5.74) is 0.495. The Morgan fingerprint density at radius 3 is 3.06 bits per heavy atom. The van der Waals surface area contributed by atoms with Crippen molar-refractivity contribution in [1.29, 1.82) is 0 Å². The smallest absolute Gasteiger partial charge is 0.271 e. The molecule has 0 aromatic carbocycles. The van der Waals surface area contributed by atoms with E-state index < -0.39 is 0 Å². The van der Waals surface area contributed by atoms with Crippen LogP contribution in [0.4, 0.5) is 0 Å². The first-order chi connectivity index (χ1) is 7.68. The van der Waals surface area contributed by atoms with Gasteiger partial charge in [-0.05, 0) is 18.9 Å². The summed E-state index contributed by atoms with van der Waals surface area (Å²) in [5, 5.41) is 16.1. The molecule has 2 atom stereocenters. The van der Waals surface area contributed by atoms with Gasteiger partial charge in [0.05, 0.1) is 6.10 Å². The Labute approximate surface area is 94.5 Å². The first-order valence-corrected chi connectivity index (χ1v) is 5.61. The van der Waals surface area contributed by atoms with Gasteiger partial charge in [-0.25, -0.2) is 0 Å². The molecule has 0 saturated heterocycles. The van der Waals surface area contributed by atoms with Crippen molar-refractivity contribution in [2.75, 3.05) is 13.6 Å². The van der Waals surface area contributed by atoms with E-state index in [0.717, 1.165) is 19.3 Å². The first kappa shape index (κ1) is 11.1. The molecular weight excluding hydrogens is 206 g/mol. The summed E-state index contributed by atoms with van der Waals surface area (Å²) in [6.45, 7) is 0.610. The van der Waals surface area contributed by atoms with Gasteiger partial charge in [0.25, 0.3) is 5.91 Å². The summed E-state index contributed by atoms with van der Waals surface area (Å²) in [5.74, 6) is 0.147. The molecule has 1 amide bonds. The number of hydrogen-bond donors (Lipinski definition) is 2. The van der Waals surface area contributed by atoms with Gasteiger partial charge in [-0.15, -0.1) is 0 Å². The summed E-state index contributed by atoms with van der Waals surface area (Å²) in [6.07, 6.45) is 4.22. The Kier molecular flexibility index (Phi) is 3.24. The third-order valence-electron chi connectivity index (χ3n) is 3.21. The van der Waals surface area contributed by atoms with E-state index in [9.17, 15) is 9.90 Å². The summed E-state index contributed by atoms with van der Waals surface area (Å²) >= 11 is 0. The lowest BCUT2D eigenvalue weighted by atomic mass is 10.1. The fraction of sp³-hybridized carbons (Fsp3) is 0.636. The van der Waals surface area contributed by atoms with Gasteiger partial charge >= 0.3 is 0 Å². The number of nitrogens with zero attached hydrogens (tertiary/aromatic N) is 2. The van der Waals surface area contributed by atoms with Crippen LogP contribution < -0.4 is 0 Å². The molecule has 1 aliphatic rings. The van der Waals surface area contributed by atoms with E-state index in [1.54, 1.807) is 24.2 Å². The minimum absolute atomic E-state index is 0.0726. The quantitative estimate of drug-likeness (QED) is 0.790. The van der Waals surface area contributed by atoms with E-state index in [-0.39, 0.29) is 17.9 Å². The van der Waals surface area contributed by atoms with Crippen molar-refractivity contribution in [3.8, 4) is 0 Å². The molecule has 0 spiro atoms. The fourth-order valence-corrected chi connectivity index (χ4v) is 2.25. The van der Waals surface area contributed by atoms with Gasteiger partial charge < -0.3 is 10.0 Å². The van der Waals surface area contributed by atoms with Gasteiger partial charge in [0.15, 0.2) is 0 Å². The Hall–Kier alpha value is -1.36. The number of nitrogens with one attached hydrogen (secondary N) is 1. The molecule has 1 saturated carbocycles. The average molecular weight is 223 g/mol. The normalized spacial score (nSPS) is 24.6. The molecule has 5 heteroatoms. The molecule has 0 radical (unpaired) electrons. The van der Waals surface area contributed by atoms with Crippen molar-refractivity contribution in [2.45, 2.75) is 25.4 Å². The van der Waals surface area contributed by atoms with Crippen LogP contribution in [0.2, 0.25) is 0 Å². The number of aliphatic hydroxyl groups is 1. The highest BCUT2D eigenvalue weighted by molar-refractivity contribution is 5.91. The number of rotatable bonds is 3. The standard InChI is InChI=1S/C11H17N3O2/c1-14(7-8-3-2-4-10(8)15)11(16)9-5-6-12-13-9/h5-6,8,10,15H,2-4,7H2,1H3,(H,12,13). The van der Waals surface area contributed by atoms with Crippen molar-refractivity contribution in [3.63, 3.8) is 0 Å². The van der Waals surface area contributed by atoms with Crippen LogP contribution in [0.3, 0.4) is 0 Å². The molecule has 1 fully saturated rings. The Morgan fingerprint density at radius 2 is 2.50 bits per heavy atom. The maximum absolute atomic E-state index is 11.9. The molecule has 16 heavy (non-hydrogen) atoms. The van der Waals surface area contributed by atoms with Crippen molar-refractivity contribution < 1.29 is 9.90 Å². The Bertz CT molecular complexity index is 350. The lowest BCUT2D eigenvalue weighted by molar-refractivity contribution is 0.0688. The summed E-state index contributed by atoms with van der Waals surface area (Å²) < 4.78 is 0. The largest absolute Gasteiger partial charge is 0.393 e. The number of aliphatic hydroxyl groups excluding tert-OH is 1. The molecule has 2 rings (SSSR count). The van der Waals surface area contributed by atoms with Crippen molar-refractivity contribution in [2.24, 2.45) is 5.92 Å². The number of aromatic nitrogens is 2. The molecule has 1 heterocycles. The predicted octanol–water partition coefficient (Wildman–Crippen LogP) is 0.643. The van der Waals surface area contributed by atoms with Crippen LogP contribution in [0.5, 0.6) is 0 Å². The van der Waals surface area contributed by atoms with Gasteiger partial charge in [0.1, 0.15) is 5.69 Å². The van der Waals surface area contributed by atoms with E-state index in [1.807, 2.05) is 0 Å². The molecule has 88 valence electrons. The second-order valence-electron chi connectivity index (χ2n) is 4.41. The maximum atomic E-state index is 11.9. The van der Waals surface area contributed by atoms with Crippen LogP contribution in [-0.2, 0) is 0 Å². The Morgan fingerprint density at radius 1 is 1.69 bits per heavy atom. The Balaban J connectivity index is 1.93. The number of amides is 1. The highest BCUT2D eigenvalue weighted by atomic mass is 16.3. The lowest BCUT2D eigenvalue weighted by Crippen LogP contribution is -2.34. The highest BCUT2D eigenvalue weighted by Crippen LogP contribution is 2.26. The van der Waals surface area contributed by atoms with Crippen molar-refractivity contribution in [3.05, 3.63) is 18.0 Å². The molecule has 2 N–H and O–H groups in total. The lowest BCUT2D eigenvalue weighted by Gasteiger charge is -2.22. The average Bonchev–Trinajstić information content (AvgIpc) is 2.89. The van der Waals surface area contributed by atoms with Crippen LogP contribution in [0, 0.1) is 5.92 Å². The van der Waals surface area contributed by atoms with Gasteiger partial charge in [-0.1, -0.05) is 6.42 Å². The van der Waals surface area contributed by atoms with Gasteiger partial charge in [0.2, 0.25) is 0 Å². The molecular formula is C11H17N3O2. The van der Waals surface area contributed by atoms with Crippen LogP contribution in [-0.4, -0.2) is 45.8 Å². The minimum atomic E-state index is -0.253. The van der Waals surface area contributed by atoms with E-state index >= 15 is 0 Å². The molecule has 1 aromatic rings. The molecule has 1 aromatic heterocycles. The number of hydrogen-bond acceptors (Lipinski definition) is 3. The summed E-state index contributed by atoms with van der Waals surface area (Å²) in [6, 6.07) is 1.66. The van der Waals surface area contributed by atoms with Crippen LogP contribution in [0.15, 0.2) is 12.3 Å². The zero-order chi connectivity index (χ0) is 11.5. The minimum Gasteiger partial charge on any atom is -0.393 e. The van der Waals surface area contributed by atoms with Crippen LogP contribution >= 0.6 is 0 Å². The molecule has 5 nitrogen and oxygen atoms in total. The molecule has 0 bridgehead atoms. The predicted molar refractivity (Wildman–Crippen MR) is 58.9 cm³/mol. The highest BCUT2D eigenvalue weighted by Gasteiger charge is 2.27. The van der Waals surface area contributed by atoms with E-state index in [2.05, 4.69) is 10.2 Å². The fourth-order valence-electron chi connectivity index (χ4n) is 2.25. The molecule has 0 aliphatic heterocycles. The van der Waals surface area contributed by atoms with Crippen LogP contribution in [0.25, 0.3) is 0 Å². The van der Waals surface area contributed by atoms with Crippen molar-refractivity contribution in [1.82, 2.24) is 15.1 Å².